The van der Waals surface area contributed by atoms with Gasteiger partial charge in [0.1, 0.15) is 5.75 Å². The fourth-order valence-electron chi connectivity index (χ4n) is 1.77. The number of ether oxygens (including phenoxy) is 1. The zero-order chi connectivity index (χ0) is 11.7. The predicted octanol–water partition coefficient (Wildman–Crippen LogP) is 3.12. The molecule has 0 fully saturated rings. The van der Waals surface area contributed by atoms with Gasteiger partial charge in [0, 0.05) is 28.4 Å². The molecule has 2 aromatic rings. The number of H-pyrrole nitrogens is 1. The van der Waals surface area contributed by atoms with Crippen LogP contribution in [0.25, 0.3) is 10.9 Å². The Morgan fingerprint density at radius 1 is 1.44 bits per heavy atom. The number of rotatable bonds is 2. The van der Waals surface area contributed by atoms with Crippen LogP contribution in [0.2, 0.25) is 0 Å². The van der Waals surface area contributed by atoms with E-state index in [-0.39, 0.29) is 5.97 Å². The van der Waals surface area contributed by atoms with E-state index < -0.39 is 0 Å². The lowest BCUT2D eigenvalue weighted by Gasteiger charge is -2.01. The number of benzene rings is 1. The van der Waals surface area contributed by atoms with Crippen molar-refractivity contribution in [1.29, 1.82) is 0 Å². The van der Waals surface area contributed by atoms with E-state index in [9.17, 15) is 4.79 Å². The van der Waals surface area contributed by atoms with Crippen molar-refractivity contribution in [2.75, 3.05) is 6.26 Å². The molecular weight excluding hydrogens is 222 g/mol. The summed E-state index contributed by atoms with van der Waals surface area (Å²) < 4.78 is 5.07. The van der Waals surface area contributed by atoms with Crippen LogP contribution >= 0.6 is 11.8 Å². The molecule has 0 saturated heterocycles. The van der Waals surface area contributed by atoms with E-state index in [1.54, 1.807) is 17.8 Å². The number of aromatic nitrogens is 1. The summed E-state index contributed by atoms with van der Waals surface area (Å²) in [6, 6.07) is 5.62. The fourth-order valence-corrected chi connectivity index (χ4v) is 2.52. The first-order chi connectivity index (χ1) is 7.61. The van der Waals surface area contributed by atoms with E-state index in [4.69, 9.17) is 4.74 Å². The minimum absolute atomic E-state index is 0.294. The third-order valence-electron chi connectivity index (χ3n) is 2.36. The number of hydrogen-bond donors (Lipinski definition) is 1. The van der Waals surface area contributed by atoms with E-state index in [1.165, 1.54) is 11.8 Å². The number of hydrogen-bond acceptors (Lipinski definition) is 3. The zero-order valence-corrected chi connectivity index (χ0v) is 10.3. The van der Waals surface area contributed by atoms with Gasteiger partial charge in [0.05, 0.1) is 0 Å². The molecule has 0 bridgehead atoms. The van der Waals surface area contributed by atoms with Crippen molar-refractivity contribution in [3.63, 3.8) is 0 Å². The smallest absolute Gasteiger partial charge is 0.308 e. The second-order valence-corrected chi connectivity index (χ2v) is 4.40. The van der Waals surface area contributed by atoms with Crippen molar-refractivity contribution >= 4 is 28.6 Å². The molecule has 0 aliphatic rings. The number of carbonyl (C=O) groups excluding carboxylic acids is 1. The third kappa shape index (κ3) is 1.93. The van der Waals surface area contributed by atoms with Crippen LogP contribution in [0.5, 0.6) is 5.75 Å². The lowest BCUT2D eigenvalue weighted by Crippen LogP contribution is -2.00. The summed E-state index contributed by atoms with van der Waals surface area (Å²) >= 11 is 1.69. The Balaban J connectivity index is 2.54. The Morgan fingerprint density at radius 2 is 2.19 bits per heavy atom. The highest BCUT2D eigenvalue weighted by Crippen LogP contribution is 2.32. The Labute approximate surface area is 98.2 Å². The standard InChI is InChI=1S/C12H13NO2S/c1-7-12(16-3)10-6-9(15-8(2)14)4-5-11(10)13-7/h4-6,13H,1-3H3. The Morgan fingerprint density at radius 3 is 2.81 bits per heavy atom. The van der Waals surface area contributed by atoms with Gasteiger partial charge in [-0.15, -0.1) is 11.8 Å². The van der Waals surface area contributed by atoms with Gasteiger partial charge in [0.15, 0.2) is 0 Å². The molecule has 0 spiro atoms. The molecule has 1 aromatic heterocycles. The normalized spacial score (nSPS) is 10.7. The van der Waals surface area contributed by atoms with Crippen molar-refractivity contribution < 1.29 is 9.53 Å². The summed E-state index contributed by atoms with van der Waals surface area (Å²) in [7, 11) is 0. The molecule has 0 aliphatic heterocycles. The monoisotopic (exact) mass is 235 g/mol. The fraction of sp³-hybridized carbons (Fsp3) is 0.250. The van der Waals surface area contributed by atoms with Crippen molar-refractivity contribution in [1.82, 2.24) is 4.98 Å². The van der Waals surface area contributed by atoms with E-state index >= 15 is 0 Å². The molecule has 0 atom stereocenters. The van der Waals surface area contributed by atoms with Crippen molar-refractivity contribution in [3.05, 3.63) is 23.9 Å². The van der Waals surface area contributed by atoms with Crippen molar-refractivity contribution in [2.24, 2.45) is 0 Å². The molecule has 16 heavy (non-hydrogen) atoms. The van der Waals surface area contributed by atoms with Crippen molar-refractivity contribution in [2.45, 2.75) is 18.7 Å². The summed E-state index contributed by atoms with van der Waals surface area (Å²) in [5, 5.41) is 1.10. The minimum atomic E-state index is -0.294. The SMILES string of the molecule is CSc1c(C)[nH]c2ccc(OC(C)=O)cc12. The number of carbonyl (C=O) groups is 1. The number of esters is 1. The maximum Gasteiger partial charge on any atom is 0.308 e. The average molecular weight is 235 g/mol. The van der Waals surface area contributed by atoms with Crippen LogP contribution in [0.1, 0.15) is 12.6 Å². The van der Waals surface area contributed by atoms with Gasteiger partial charge in [0.2, 0.25) is 0 Å². The van der Waals surface area contributed by atoms with Crippen molar-refractivity contribution in [3.8, 4) is 5.75 Å². The van der Waals surface area contributed by atoms with Crippen LogP contribution in [0, 0.1) is 6.92 Å². The summed E-state index contributed by atoms with van der Waals surface area (Å²) in [6.45, 7) is 3.44. The van der Waals surface area contributed by atoms with Gasteiger partial charge in [0.25, 0.3) is 0 Å². The summed E-state index contributed by atoms with van der Waals surface area (Å²) in [5.74, 6) is 0.298. The average Bonchev–Trinajstić information content (AvgIpc) is 2.52. The largest absolute Gasteiger partial charge is 0.427 e. The molecular formula is C12H13NO2S. The van der Waals surface area contributed by atoms with Crippen LogP contribution in [-0.4, -0.2) is 17.2 Å². The topological polar surface area (TPSA) is 42.1 Å². The van der Waals surface area contributed by atoms with Crippen LogP contribution in [0.15, 0.2) is 23.1 Å². The van der Waals surface area contributed by atoms with E-state index in [1.807, 2.05) is 25.3 Å². The molecule has 84 valence electrons. The number of aromatic amines is 1. The highest BCUT2D eigenvalue weighted by atomic mass is 32.2. The minimum Gasteiger partial charge on any atom is -0.427 e. The highest BCUT2D eigenvalue weighted by Gasteiger charge is 2.08. The molecule has 2 rings (SSSR count). The molecule has 0 amide bonds. The van der Waals surface area contributed by atoms with Crippen LogP contribution in [0.3, 0.4) is 0 Å². The molecule has 4 heteroatoms. The first kappa shape index (κ1) is 11.1. The number of aryl methyl sites for hydroxylation is 1. The summed E-state index contributed by atoms with van der Waals surface area (Å²) in [4.78, 5) is 15.4. The zero-order valence-electron chi connectivity index (χ0n) is 9.46. The maximum atomic E-state index is 10.9. The highest BCUT2D eigenvalue weighted by molar-refractivity contribution is 7.98. The van der Waals surface area contributed by atoms with Crippen LogP contribution in [0.4, 0.5) is 0 Å². The van der Waals surface area contributed by atoms with Crippen LogP contribution < -0.4 is 4.74 Å². The second kappa shape index (κ2) is 4.22. The first-order valence-corrected chi connectivity index (χ1v) is 6.19. The first-order valence-electron chi connectivity index (χ1n) is 4.96. The number of thioether (sulfide) groups is 1. The van der Waals surface area contributed by atoms with Crippen LogP contribution in [-0.2, 0) is 4.79 Å². The second-order valence-electron chi connectivity index (χ2n) is 3.58. The summed E-state index contributed by atoms with van der Waals surface area (Å²) in [5.41, 5.74) is 2.21. The Kier molecular flexibility index (Phi) is 2.92. The Hall–Kier alpha value is -1.42. The molecule has 1 heterocycles. The van der Waals surface area contributed by atoms with Gasteiger partial charge in [-0.05, 0) is 31.4 Å². The predicted molar refractivity (Wildman–Crippen MR) is 66.1 cm³/mol. The van der Waals surface area contributed by atoms with Gasteiger partial charge in [-0.3, -0.25) is 4.79 Å². The lowest BCUT2D eigenvalue weighted by molar-refractivity contribution is -0.131. The molecule has 1 aromatic carbocycles. The molecule has 0 saturated carbocycles. The third-order valence-corrected chi connectivity index (χ3v) is 3.30. The van der Waals surface area contributed by atoms with Gasteiger partial charge >= 0.3 is 5.97 Å². The number of nitrogens with one attached hydrogen (secondary N) is 1. The molecule has 0 unspecified atom stereocenters. The Bertz CT molecular complexity index is 545. The molecule has 0 radical (unpaired) electrons. The molecule has 3 nitrogen and oxygen atoms in total. The van der Waals surface area contributed by atoms with Gasteiger partial charge in [-0.25, -0.2) is 0 Å². The molecule has 0 aliphatic carbocycles. The summed E-state index contributed by atoms with van der Waals surface area (Å²) in [6.07, 6.45) is 2.04. The van der Waals surface area contributed by atoms with E-state index in [2.05, 4.69) is 4.98 Å². The molecule has 1 N–H and O–H groups in total. The van der Waals surface area contributed by atoms with Gasteiger partial charge < -0.3 is 9.72 Å². The maximum absolute atomic E-state index is 10.9. The van der Waals surface area contributed by atoms with E-state index in [0.29, 0.717) is 5.75 Å². The van der Waals surface area contributed by atoms with E-state index in [0.717, 1.165) is 16.6 Å². The quantitative estimate of drug-likeness (QED) is 0.494. The lowest BCUT2D eigenvalue weighted by atomic mass is 10.2. The van der Waals surface area contributed by atoms with Gasteiger partial charge in [-0.1, -0.05) is 0 Å². The van der Waals surface area contributed by atoms with Gasteiger partial charge in [-0.2, -0.15) is 0 Å². The number of fused-ring (bicyclic) bond motifs is 1.